The summed E-state index contributed by atoms with van der Waals surface area (Å²) >= 11 is 1.60. The Morgan fingerprint density at radius 3 is 1.34 bits per heavy atom. The topological polar surface area (TPSA) is 279 Å². The van der Waals surface area contributed by atoms with Crippen LogP contribution < -0.4 is 28.7 Å². The summed E-state index contributed by atoms with van der Waals surface area (Å²) in [5.74, 6) is -2.97. The predicted molar refractivity (Wildman–Crippen MR) is 111 cm³/mol. The van der Waals surface area contributed by atoms with Gasteiger partial charge in [-0.15, -0.1) is 0 Å². The first-order valence-corrected chi connectivity index (χ1v) is 9.79. The van der Waals surface area contributed by atoms with Crippen molar-refractivity contribution in [3.8, 4) is 0 Å². The van der Waals surface area contributed by atoms with Crippen LogP contribution >= 0.6 is 11.8 Å². The first kappa shape index (κ1) is 34.5. The molecule has 0 aliphatic rings. The van der Waals surface area contributed by atoms with Crippen LogP contribution in [0, 0.1) is 0 Å². The fourth-order valence-electron chi connectivity index (χ4n) is 1.00. The maximum absolute atomic E-state index is 10.1. The number of carbonyl (C=O) groups is 4. The van der Waals surface area contributed by atoms with Crippen LogP contribution in [-0.4, -0.2) is 88.0 Å². The highest BCUT2D eigenvalue weighted by Crippen LogP contribution is 1.98. The third-order valence-corrected chi connectivity index (χ3v) is 3.23. The molecule has 0 saturated heterocycles. The van der Waals surface area contributed by atoms with Crippen molar-refractivity contribution in [3.63, 3.8) is 0 Å². The van der Waals surface area contributed by atoms with Gasteiger partial charge >= 0.3 is 23.9 Å². The molecule has 0 radical (unpaired) electrons. The van der Waals surface area contributed by atoms with E-state index in [0.29, 0.717) is 19.4 Å². The summed E-state index contributed by atoms with van der Waals surface area (Å²) in [6.07, 6.45) is 4.64. The molecule has 0 saturated carbocycles. The van der Waals surface area contributed by atoms with Crippen molar-refractivity contribution in [2.45, 2.75) is 37.8 Å². The number of thioether (sulfide) groups is 1. The summed E-state index contributed by atoms with van der Waals surface area (Å²) in [4.78, 5) is 38.7. The van der Waals surface area contributed by atoms with Gasteiger partial charge in [-0.3, -0.25) is 19.2 Å². The third-order valence-electron chi connectivity index (χ3n) is 2.59. The number of rotatable bonds is 11. The van der Waals surface area contributed by atoms with E-state index < -0.39 is 36.0 Å². The van der Waals surface area contributed by atoms with Crippen molar-refractivity contribution >= 4 is 35.6 Å². The Bertz CT molecular complexity index is 429. The van der Waals surface area contributed by atoms with Gasteiger partial charge in [-0.25, -0.2) is 0 Å². The van der Waals surface area contributed by atoms with Gasteiger partial charge in [0.25, 0.3) is 0 Å². The normalized spacial score (nSPS) is 11.1. The van der Waals surface area contributed by atoms with Gasteiger partial charge in [-0.05, 0) is 37.8 Å². The molecule has 0 heterocycles. The van der Waals surface area contributed by atoms with Crippen LogP contribution in [0.3, 0.4) is 0 Å². The Hall–Kier alpha value is -1.97. The van der Waals surface area contributed by atoms with E-state index >= 15 is 0 Å². The van der Waals surface area contributed by atoms with Crippen molar-refractivity contribution in [1.82, 2.24) is 0 Å². The smallest absolute Gasteiger partial charge is 0.320 e. The summed E-state index contributed by atoms with van der Waals surface area (Å²) in [5.41, 5.74) is 24.8. The Balaban J connectivity index is -0.000000151. The van der Waals surface area contributed by atoms with Crippen molar-refractivity contribution in [2.75, 3.05) is 31.6 Å². The van der Waals surface area contributed by atoms with Gasteiger partial charge in [0.05, 0.1) is 13.1 Å². The molecule has 0 bridgehead atoms. The monoisotopic (exact) mass is 445 g/mol. The molecule has 174 valence electrons. The summed E-state index contributed by atoms with van der Waals surface area (Å²) in [5, 5.41) is 31.8. The van der Waals surface area contributed by atoms with E-state index in [1.54, 1.807) is 11.8 Å². The first-order chi connectivity index (χ1) is 13.4. The van der Waals surface area contributed by atoms with Gasteiger partial charge in [0, 0.05) is 0 Å². The minimum Gasteiger partial charge on any atom is -0.480 e. The molecule has 2 atom stereocenters. The number of aliphatic carboxylic acids is 4. The Morgan fingerprint density at radius 2 is 1.10 bits per heavy atom. The lowest BCUT2D eigenvalue weighted by atomic mass is 10.1. The molecular weight excluding hydrogens is 410 g/mol. The highest BCUT2D eigenvalue weighted by molar-refractivity contribution is 7.98. The standard InChI is InChI=1S/C6H14N2O2.C5H11NO2S.2C2H5NO2/c7-4-2-1-3-5(8)6(9)10;1-9-3-2-4(6)5(7)8;2*3-1-2(4)5/h5H,1-4,7-8H2,(H,9,10);4H,2-3,6H2,1H3,(H,7,8);2*1,3H2,(H,4,5)/t5-;4-;;/m00../s1. The number of unbranched alkanes of at least 4 members (excludes halogenated alkanes) is 1. The second-order valence-electron chi connectivity index (χ2n) is 5.15. The molecule has 14 heteroatoms. The second-order valence-corrected chi connectivity index (χ2v) is 6.14. The summed E-state index contributed by atoms with van der Waals surface area (Å²) in [6.45, 7) is 0.0480. The van der Waals surface area contributed by atoms with Crippen LogP contribution in [0.1, 0.15) is 25.7 Å². The molecule has 0 aromatic carbocycles. The molecule has 0 aliphatic heterocycles. The quantitative estimate of drug-likeness (QED) is 0.152. The number of hydrogen-bond acceptors (Lipinski definition) is 10. The summed E-state index contributed by atoms with van der Waals surface area (Å²) < 4.78 is 0. The van der Waals surface area contributed by atoms with Gasteiger partial charge in [-0.1, -0.05) is 6.42 Å². The van der Waals surface area contributed by atoms with E-state index in [9.17, 15) is 19.2 Å². The van der Waals surface area contributed by atoms with Crippen molar-refractivity contribution in [2.24, 2.45) is 28.7 Å². The van der Waals surface area contributed by atoms with E-state index in [1.165, 1.54) is 0 Å². The van der Waals surface area contributed by atoms with Crippen LogP contribution in [0.25, 0.3) is 0 Å². The lowest BCUT2D eigenvalue weighted by Gasteiger charge is -2.03. The van der Waals surface area contributed by atoms with E-state index in [0.717, 1.165) is 18.6 Å². The van der Waals surface area contributed by atoms with E-state index in [-0.39, 0.29) is 13.1 Å². The van der Waals surface area contributed by atoms with Gasteiger partial charge < -0.3 is 49.1 Å². The molecule has 0 rings (SSSR count). The molecule has 29 heavy (non-hydrogen) atoms. The minimum absolute atomic E-state index is 0.278. The second kappa shape index (κ2) is 26.0. The predicted octanol–water partition coefficient (Wildman–Crippen LogP) is -2.26. The zero-order valence-electron chi connectivity index (χ0n) is 16.5. The van der Waals surface area contributed by atoms with Crippen LogP contribution in [0.2, 0.25) is 0 Å². The average molecular weight is 446 g/mol. The SMILES string of the molecule is CSCC[C@H](N)C(=O)O.NCC(=O)O.NCC(=O)O.NCCCC[C@H](N)C(=O)O. The van der Waals surface area contributed by atoms with Crippen LogP contribution in [0.15, 0.2) is 0 Å². The Morgan fingerprint density at radius 1 is 0.759 bits per heavy atom. The van der Waals surface area contributed by atoms with E-state index in [1.807, 2.05) is 6.26 Å². The van der Waals surface area contributed by atoms with Crippen molar-refractivity contribution < 1.29 is 39.6 Å². The fraction of sp³-hybridized carbons (Fsp3) is 0.733. The van der Waals surface area contributed by atoms with Gasteiger partial charge in [-0.2, -0.15) is 11.8 Å². The van der Waals surface area contributed by atoms with Crippen LogP contribution in [0.4, 0.5) is 0 Å². The Kier molecular flexibility index (Phi) is 31.0. The van der Waals surface area contributed by atoms with Crippen LogP contribution in [0.5, 0.6) is 0 Å². The molecule has 0 aromatic heterocycles. The number of nitrogens with two attached hydrogens (primary N) is 5. The van der Waals surface area contributed by atoms with Gasteiger partial charge in [0.1, 0.15) is 12.1 Å². The van der Waals surface area contributed by atoms with Gasteiger partial charge in [0.15, 0.2) is 0 Å². The summed E-state index contributed by atoms with van der Waals surface area (Å²) in [7, 11) is 0. The van der Waals surface area contributed by atoms with Gasteiger partial charge in [0.2, 0.25) is 0 Å². The first-order valence-electron chi connectivity index (χ1n) is 8.40. The zero-order valence-corrected chi connectivity index (χ0v) is 17.3. The number of carboxylic acid groups (broad SMARTS) is 4. The minimum atomic E-state index is -0.968. The number of carboxylic acids is 4. The average Bonchev–Trinajstić information content (AvgIpc) is 2.67. The molecule has 0 fully saturated rings. The maximum atomic E-state index is 10.1. The fourth-order valence-corrected chi connectivity index (χ4v) is 1.49. The largest absolute Gasteiger partial charge is 0.480 e. The van der Waals surface area contributed by atoms with E-state index in [4.69, 9.17) is 37.6 Å². The molecular formula is C15H35N5O8S. The molecule has 13 nitrogen and oxygen atoms in total. The highest BCUT2D eigenvalue weighted by atomic mass is 32.2. The molecule has 0 aliphatic carbocycles. The molecule has 0 aromatic rings. The lowest BCUT2D eigenvalue weighted by molar-refractivity contribution is -0.139. The lowest BCUT2D eigenvalue weighted by Crippen LogP contribution is -2.30. The van der Waals surface area contributed by atoms with Crippen molar-refractivity contribution in [1.29, 1.82) is 0 Å². The summed E-state index contributed by atoms with van der Waals surface area (Å²) in [6, 6.07) is -1.40. The Labute approximate surface area is 174 Å². The van der Waals surface area contributed by atoms with Crippen LogP contribution in [-0.2, 0) is 19.2 Å². The van der Waals surface area contributed by atoms with Crippen molar-refractivity contribution in [3.05, 3.63) is 0 Å². The third kappa shape index (κ3) is 41.5. The number of hydrogen-bond donors (Lipinski definition) is 9. The zero-order chi connectivity index (χ0) is 23.8. The highest BCUT2D eigenvalue weighted by Gasteiger charge is 2.09. The molecule has 0 amide bonds. The maximum Gasteiger partial charge on any atom is 0.320 e. The molecule has 0 unspecified atom stereocenters. The van der Waals surface area contributed by atoms with E-state index in [2.05, 4.69) is 11.5 Å². The molecule has 14 N–H and O–H groups in total. The molecule has 0 spiro atoms.